The van der Waals surface area contributed by atoms with Crippen molar-refractivity contribution in [1.82, 2.24) is 49.8 Å². The van der Waals surface area contributed by atoms with Gasteiger partial charge in [-0.1, -0.05) is 213 Å². The predicted molar refractivity (Wildman–Crippen MR) is 599 cm³/mol. The van der Waals surface area contributed by atoms with Crippen molar-refractivity contribution in [3.8, 4) is 113 Å². The van der Waals surface area contributed by atoms with E-state index in [1.807, 2.05) is 326 Å². The van der Waals surface area contributed by atoms with Gasteiger partial charge in [0.05, 0.1) is 0 Å². The molecule has 5 radical (unpaired) electrons. The molecule has 23 rings (SSSR count). The first-order valence-electron chi connectivity index (χ1n) is 48.0. The zero-order valence-corrected chi connectivity index (χ0v) is 97.8. The largest absolute Gasteiger partial charge is 0.305 e. The third kappa shape index (κ3) is 37.3. The van der Waals surface area contributed by atoms with Crippen LogP contribution >= 0.6 is 0 Å². The van der Waals surface area contributed by atoms with E-state index in [0.717, 1.165) is 113 Å². The Morgan fingerprint density at radius 1 is 0.140 bits per heavy atom. The Morgan fingerprint density at radius 3 is 0.607 bits per heavy atom. The average Bonchev–Trinajstić information content (AvgIpc) is 0.807. The van der Waals surface area contributed by atoms with E-state index < -0.39 is 0 Å². The van der Waals surface area contributed by atoms with Crippen LogP contribution in [0, 0.1) is 151 Å². The number of hydrogen-bond donors (Lipinski definition) is 0. The second-order valence-corrected chi connectivity index (χ2v) is 35.0. The first-order valence-corrected chi connectivity index (χ1v) is 48.0. The van der Waals surface area contributed by atoms with E-state index in [4.69, 9.17) is 0 Å². The topological polar surface area (TPSA) is 129 Å². The fraction of sp³-hybridized carbons (Fsp3) is 0.0963. The summed E-state index contributed by atoms with van der Waals surface area (Å²) in [4.78, 5) is 43.6. The normalized spacial score (nSPS) is 9.90. The fourth-order valence-corrected chi connectivity index (χ4v) is 15.1. The van der Waals surface area contributed by atoms with Crippen LogP contribution in [-0.4, -0.2) is 49.8 Å². The maximum atomic E-state index is 4.49. The van der Waals surface area contributed by atoms with Gasteiger partial charge in [0.1, 0.15) is 0 Å². The van der Waals surface area contributed by atoms with Gasteiger partial charge in [0.15, 0.2) is 0 Å². The predicted octanol–water partition coefficient (Wildman–Crippen LogP) is 32.9. The maximum Gasteiger partial charge on any atom is 0.0190 e. The molecule has 13 aromatic carbocycles. The minimum atomic E-state index is 0. The molecule has 0 unspecified atom stereocenters. The van der Waals surface area contributed by atoms with Crippen molar-refractivity contribution in [3.05, 3.63) is 577 Å². The summed E-state index contributed by atoms with van der Waals surface area (Å²) in [7, 11) is 0. The first kappa shape index (κ1) is 119. The van der Waals surface area contributed by atoms with Crippen molar-refractivity contribution < 1.29 is 101 Å². The monoisotopic (exact) mass is 2840 g/mol. The molecule has 0 spiro atoms. The number of fused-ring (bicyclic) bond motifs is 3. The van der Waals surface area contributed by atoms with Gasteiger partial charge < -0.3 is 49.8 Å². The van der Waals surface area contributed by atoms with Crippen LogP contribution in [0.3, 0.4) is 0 Å². The van der Waals surface area contributed by atoms with Crippen LogP contribution in [0.5, 0.6) is 0 Å². The molecule has 23 aromatic rings. The van der Waals surface area contributed by atoms with Crippen LogP contribution in [0.1, 0.15) is 72.3 Å². The maximum absolute atomic E-state index is 4.49. The Morgan fingerprint density at radius 2 is 0.360 bits per heavy atom. The Labute approximate surface area is 953 Å². The summed E-state index contributed by atoms with van der Waals surface area (Å²) in [6.07, 6.45) is 18.5. The van der Waals surface area contributed by atoms with E-state index in [2.05, 4.69) is 306 Å². The number of nitrogens with zero attached hydrogens (tertiary/aromatic N) is 10. The van der Waals surface area contributed by atoms with Gasteiger partial charge in [0, 0.05) is 162 Å². The number of aryl methyl sites for hydroxylation is 13. The Bertz CT molecular complexity index is 7420. The van der Waals surface area contributed by atoms with Crippen LogP contribution in [0.2, 0.25) is 0 Å². The van der Waals surface area contributed by atoms with Gasteiger partial charge >= 0.3 is 0 Å². The zero-order chi connectivity index (χ0) is 101. The summed E-state index contributed by atoms with van der Waals surface area (Å²) in [6, 6.07) is 160. The van der Waals surface area contributed by atoms with Crippen LogP contribution in [-0.2, 0) is 101 Å². The average molecular weight is 2840 g/mol. The molecule has 0 saturated heterocycles. The fourth-order valence-electron chi connectivity index (χ4n) is 15.1. The molecule has 757 valence electrons. The van der Waals surface area contributed by atoms with Crippen molar-refractivity contribution >= 4 is 32.3 Å². The third-order valence-corrected chi connectivity index (χ3v) is 22.7. The van der Waals surface area contributed by atoms with E-state index >= 15 is 0 Å². The van der Waals surface area contributed by atoms with E-state index in [1.54, 1.807) is 12.4 Å². The van der Waals surface area contributed by atoms with Gasteiger partial charge in [-0.05, 0) is 183 Å². The molecule has 15 heteroatoms. The van der Waals surface area contributed by atoms with Crippen molar-refractivity contribution in [2.24, 2.45) is 0 Å². The van der Waals surface area contributed by atoms with Crippen molar-refractivity contribution in [3.63, 3.8) is 0 Å². The minimum absolute atomic E-state index is 0. The third-order valence-electron chi connectivity index (χ3n) is 22.7. The van der Waals surface area contributed by atoms with E-state index in [1.165, 1.54) is 105 Å². The van der Waals surface area contributed by atoms with Gasteiger partial charge in [-0.25, -0.2) is 0 Å². The minimum Gasteiger partial charge on any atom is -0.305 e. The summed E-state index contributed by atoms with van der Waals surface area (Å²) in [5.74, 6) is 0. The summed E-state index contributed by atoms with van der Waals surface area (Å²) >= 11 is 0. The molecule has 0 amide bonds. The molecule has 0 N–H and O–H groups in total. The SMILES string of the molecule is Cc1cc[c-]c(-c2cc(C)ccn2)c1.Cc1cc[c-]c(-c2ccccn2)c1.Cc1cc[c-]c(-c2ccccn2)c1.Cc1cc[c-]c(-c2nccc3ccccc23)c1.Cc1cc[c-]c(-c2nccc3ccccc23)c1.Cc1cc[c-]c(-c2nccc3ccccc23)c1.Cc1ccc(-c2[c-]ccc(C)c2)nc1.Cc1ccc(-c2[c-]ccc(C)c2)nc1.Cc1ccc(-c2[c-]cccc2)nc1.Cc1ccc(-c2[c-]cccc2)nc1.[Ir].[Ir].[Ir].[Ir].[Ir]. The number of rotatable bonds is 10. The Balaban J connectivity index is 0.000000185. The van der Waals surface area contributed by atoms with E-state index in [9.17, 15) is 0 Å². The molecule has 0 aliphatic heterocycles. The van der Waals surface area contributed by atoms with Crippen LogP contribution in [0.4, 0.5) is 0 Å². The van der Waals surface area contributed by atoms with Gasteiger partial charge in [-0.2, -0.15) is 0 Å². The van der Waals surface area contributed by atoms with Crippen molar-refractivity contribution in [1.29, 1.82) is 0 Å². The van der Waals surface area contributed by atoms with Crippen molar-refractivity contribution in [2.45, 2.75) is 90.0 Å². The molecule has 0 saturated carbocycles. The molecular formula is C135H112Ir5N10-10. The van der Waals surface area contributed by atoms with Crippen LogP contribution in [0.15, 0.2) is 444 Å². The molecular weight excluding hydrogens is 2720 g/mol. The summed E-state index contributed by atoms with van der Waals surface area (Å²) < 4.78 is 0. The van der Waals surface area contributed by atoms with Gasteiger partial charge in [0.25, 0.3) is 0 Å². The smallest absolute Gasteiger partial charge is 0.0190 e. The van der Waals surface area contributed by atoms with Crippen molar-refractivity contribution in [2.75, 3.05) is 0 Å². The molecule has 10 heterocycles. The molecule has 0 aliphatic rings. The van der Waals surface area contributed by atoms with Gasteiger partial charge in [-0.15, -0.1) is 355 Å². The molecule has 0 fully saturated rings. The molecule has 0 aliphatic carbocycles. The number of benzene rings is 13. The molecule has 150 heavy (non-hydrogen) atoms. The molecule has 10 aromatic heterocycles. The van der Waals surface area contributed by atoms with Gasteiger partial charge in [0.2, 0.25) is 0 Å². The van der Waals surface area contributed by atoms with Gasteiger partial charge in [-0.3, -0.25) is 0 Å². The summed E-state index contributed by atoms with van der Waals surface area (Å²) in [5.41, 5.74) is 36.3. The Kier molecular flexibility index (Phi) is 49.7. The Hall–Kier alpha value is -14.6. The second kappa shape index (κ2) is 62.6. The zero-order valence-electron chi connectivity index (χ0n) is 85.8. The number of hydrogen-bond acceptors (Lipinski definition) is 10. The summed E-state index contributed by atoms with van der Waals surface area (Å²) in [6.45, 7) is 26.8. The quantitative estimate of drug-likeness (QED) is 0.122. The molecule has 0 atom stereocenters. The molecule has 10 nitrogen and oxygen atoms in total. The first-order chi connectivity index (χ1) is 70.7. The number of aromatic nitrogens is 10. The summed E-state index contributed by atoms with van der Waals surface area (Å²) in [5, 5.41) is 7.18. The van der Waals surface area contributed by atoms with E-state index in [0.29, 0.717) is 0 Å². The van der Waals surface area contributed by atoms with E-state index in [-0.39, 0.29) is 101 Å². The second-order valence-electron chi connectivity index (χ2n) is 35.0. The van der Waals surface area contributed by atoms with Crippen LogP contribution < -0.4 is 0 Å². The number of pyridine rings is 10. The van der Waals surface area contributed by atoms with Crippen LogP contribution in [0.25, 0.3) is 145 Å². The standard InChI is InChI=1S/3C16H12N.3C13H12N.4C12H10N.5Ir/c3*1-12-5-4-7-14(11-12)16-15-8-3-2-6-13(15)9-10-17-16;1-10-4-3-5-12(8-10)13-9-11(2)6-7-14-13;2*1-10-4-3-5-12(8-10)13-7-6-11(2)9-14-13;2*1-10-5-4-6-11(9-10)12-7-2-3-8-13-12;2*1-10-7-8-12(13-9-10)11-5-3-2-4-6-11;;;;;/h3*2-6,8-11H,1H3;3*3-4,6-9H,1-2H3;4*2-5,7-9H,1H3;;;;;/q10*-1;;;;;. The molecule has 0 bridgehead atoms.